The van der Waals surface area contributed by atoms with Crippen LogP contribution in [0.3, 0.4) is 0 Å². The Labute approximate surface area is 120 Å². The smallest absolute Gasteiger partial charge is 0.0267 e. The molecule has 0 bridgehead atoms. The van der Waals surface area contributed by atoms with Crippen LogP contribution in [-0.2, 0) is 0 Å². The van der Waals surface area contributed by atoms with Gasteiger partial charge in [0.15, 0.2) is 0 Å². The van der Waals surface area contributed by atoms with Crippen LogP contribution in [0.1, 0.15) is 11.1 Å². The quantitative estimate of drug-likeness (QED) is 0.594. The highest BCUT2D eigenvalue weighted by Gasteiger charge is 1.84. The van der Waals surface area contributed by atoms with E-state index in [0.717, 1.165) is 0 Å². The molecule has 1 heteroatoms. The minimum atomic E-state index is 1.23. The summed E-state index contributed by atoms with van der Waals surface area (Å²) in [7, 11) is 0. The number of benzene rings is 2. The zero-order chi connectivity index (χ0) is 13.9. The molecule has 0 amide bonds. The van der Waals surface area contributed by atoms with Gasteiger partial charge < -0.3 is 0 Å². The van der Waals surface area contributed by atoms with Crippen LogP contribution in [0, 0.1) is 0 Å². The van der Waals surface area contributed by atoms with Gasteiger partial charge in [-0.2, -0.15) is 0 Å². The van der Waals surface area contributed by atoms with Crippen molar-refractivity contribution in [3.05, 3.63) is 102 Å². The predicted molar refractivity (Wildman–Crippen MR) is 86.0 cm³/mol. The van der Waals surface area contributed by atoms with E-state index in [-0.39, 0.29) is 0 Å². The van der Waals surface area contributed by atoms with Crippen molar-refractivity contribution in [1.82, 2.24) is 4.98 Å². The zero-order valence-corrected chi connectivity index (χ0v) is 11.3. The summed E-state index contributed by atoms with van der Waals surface area (Å²) in [5.41, 5.74) is 2.47. The average Bonchev–Trinajstić information content (AvgIpc) is 2.57. The molecule has 3 aromatic rings. The highest BCUT2D eigenvalue weighted by Crippen LogP contribution is 2.06. The van der Waals surface area contributed by atoms with Crippen LogP contribution in [0.15, 0.2) is 91.3 Å². The van der Waals surface area contributed by atoms with Gasteiger partial charge in [-0.05, 0) is 23.3 Å². The third-order valence-corrected chi connectivity index (χ3v) is 2.63. The fourth-order valence-corrected chi connectivity index (χ4v) is 1.63. The minimum absolute atomic E-state index is 1.23. The fourth-order valence-electron chi connectivity index (χ4n) is 1.63. The summed E-state index contributed by atoms with van der Waals surface area (Å²) >= 11 is 0. The first-order chi connectivity index (χ1) is 9.95. The summed E-state index contributed by atoms with van der Waals surface area (Å²) in [4.78, 5) is 3.78. The molecule has 2 aromatic carbocycles. The number of rotatable bonds is 2. The van der Waals surface area contributed by atoms with Gasteiger partial charge in [-0.3, -0.25) is 4.98 Å². The van der Waals surface area contributed by atoms with E-state index in [1.165, 1.54) is 11.1 Å². The SMILES string of the molecule is C(=C\c1ccccc1)/c1ccccc1.c1ccncc1. The van der Waals surface area contributed by atoms with Crippen molar-refractivity contribution >= 4 is 12.2 Å². The van der Waals surface area contributed by atoms with Crippen molar-refractivity contribution in [2.45, 2.75) is 0 Å². The van der Waals surface area contributed by atoms with Crippen molar-refractivity contribution in [3.63, 3.8) is 0 Å². The summed E-state index contributed by atoms with van der Waals surface area (Å²) in [5, 5.41) is 0. The molecule has 0 unspecified atom stereocenters. The average molecular weight is 259 g/mol. The standard InChI is InChI=1S/C14H12.C5H5N/c1-3-7-13(8-4-1)11-12-14-9-5-2-6-10-14;1-2-4-6-5-3-1/h1-12H;1-5H/b12-11+;. The first-order valence-electron chi connectivity index (χ1n) is 6.58. The van der Waals surface area contributed by atoms with Crippen LogP contribution < -0.4 is 0 Å². The molecule has 0 saturated heterocycles. The van der Waals surface area contributed by atoms with E-state index >= 15 is 0 Å². The topological polar surface area (TPSA) is 12.9 Å². The van der Waals surface area contributed by atoms with Crippen LogP contribution in [0.2, 0.25) is 0 Å². The maximum absolute atomic E-state index is 3.78. The molecule has 1 heterocycles. The molecular weight excluding hydrogens is 242 g/mol. The lowest BCUT2D eigenvalue weighted by atomic mass is 10.1. The van der Waals surface area contributed by atoms with Crippen molar-refractivity contribution < 1.29 is 0 Å². The normalized spacial score (nSPS) is 9.80. The number of hydrogen-bond acceptors (Lipinski definition) is 1. The lowest BCUT2D eigenvalue weighted by Crippen LogP contribution is -1.70. The van der Waals surface area contributed by atoms with Crippen molar-refractivity contribution in [2.75, 3.05) is 0 Å². The maximum atomic E-state index is 3.78. The number of pyridine rings is 1. The largest absolute Gasteiger partial charge is 0.265 e. The lowest BCUT2D eigenvalue weighted by Gasteiger charge is -1.92. The fraction of sp³-hybridized carbons (Fsp3) is 0. The van der Waals surface area contributed by atoms with E-state index in [1.807, 2.05) is 54.6 Å². The lowest BCUT2D eigenvalue weighted by molar-refractivity contribution is 1.33. The summed E-state index contributed by atoms with van der Waals surface area (Å²) < 4.78 is 0. The Hall–Kier alpha value is -2.67. The molecule has 0 N–H and O–H groups in total. The van der Waals surface area contributed by atoms with E-state index < -0.39 is 0 Å². The van der Waals surface area contributed by atoms with Crippen molar-refractivity contribution in [2.24, 2.45) is 0 Å². The Morgan fingerprint density at radius 3 is 1.20 bits per heavy atom. The Morgan fingerprint density at radius 1 is 0.500 bits per heavy atom. The molecule has 0 aliphatic carbocycles. The molecule has 98 valence electrons. The minimum Gasteiger partial charge on any atom is -0.265 e. The molecule has 0 aliphatic heterocycles. The van der Waals surface area contributed by atoms with Crippen LogP contribution >= 0.6 is 0 Å². The Balaban J connectivity index is 0.000000205. The molecule has 0 fully saturated rings. The first-order valence-corrected chi connectivity index (χ1v) is 6.58. The highest BCUT2D eigenvalue weighted by molar-refractivity contribution is 5.69. The Kier molecular flexibility index (Phi) is 5.80. The van der Waals surface area contributed by atoms with Gasteiger partial charge in [0.25, 0.3) is 0 Å². The van der Waals surface area contributed by atoms with Crippen LogP contribution in [0.25, 0.3) is 12.2 Å². The maximum Gasteiger partial charge on any atom is 0.0267 e. The molecule has 0 saturated carbocycles. The van der Waals surface area contributed by atoms with Gasteiger partial charge in [-0.15, -0.1) is 0 Å². The molecule has 1 aromatic heterocycles. The number of nitrogens with zero attached hydrogens (tertiary/aromatic N) is 1. The summed E-state index contributed by atoms with van der Waals surface area (Å²) in [6.07, 6.45) is 7.74. The monoisotopic (exact) mass is 259 g/mol. The van der Waals surface area contributed by atoms with Crippen LogP contribution in [0.4, 0.5) is 0 Å². The van der Waals surface area contributed by atoms with Crippen molar-refractivity contribution in [3.8, 4) is 0 Å². The second kappa shape index (κ2) is 8.44. The summed E-state index contributed by atoms with van der Waals surface area (Å²) in [6.45, 7) is 0. The van der Waals surface area contributed by atoms with Crippen LogP contribution in [0.5, 0.6) is 0 Å². The van der Waals surface area contributed by atoms with E-state index in [9.17, 15) is 0 Å². The predicted octanol–water partition coefficient (Wildman–Crippen LogP) is 4.94. The molecule has 20 heavy (non-hydrogen) atoms. The number of aromatic nitrogens is 1. The van der Waals surface area contributed by atoms with Gasteiger partial charge in [0.1, 0.15) is 0 Å². The Bertz CT molecular complexity index is 533. The van der Waals surface area contributed by atoms with Gasteiger partial charge in [0.2, 0.25) is 0 Å². The van der Waals surface area contributed by atoms with Gasteiger partial charge in [0.05, 0.1) is 0 Å². The number of hydrogen-bond donors (Lipinski definition) is 0. The van der Waals surface area contributed by atoms with E-state index in [0.29, 0.717) is 0 Å². The second-order valence-electron chi connectivity index (χ2n) is 4.18. The molecule has 0 atom stereocenters. The molecule has 1 nitrogen and oxygen atoms in total. The van der Waals surface area contributed by atoms with Crippen molar-refractivity contribution in [1.29, 1.82) is 0 Å². The zero-order valence-electron chi connectivity index (χ0n) is 11.3. The second-order valence-corrected chi connectivity index (χ2v) is 4.18. The third-order valence-electron chi connectivity index (χ3n) is 2.63. The molecular formula is C19H17N. The van der Waals surface area contributed by atoms with Gasteiger partial charge in [0, 0.05) is 12.4 Å². The highest BCUT2D eigenvalue weighted by atomic mass is 14.6. The van der Waals surface area contributed by atoms with E-state index in [2.05, 4.69) is 41.4 Å². The summed E-state index contributed by atoms with van der Waals surface area (Å²) in [5.74, 6) is 0. The summed E-state index contributed by atoms with van der Waals surface area (Å²) in [6, 6.07) is 26.3. The van der Waals surface area contributed by atoms with E-state index in [4.69, 9.17) is 0 Å². The van der Waals surface area contributed by atoms with Gasteiger partial charge >= 0.3 is 0 Å². The third kappa shape index (κ3) is 5.32. The van der Waals surface area contributed by atoms with Gasteiger partial charge in [-0.1, -0.05) is 78.9 Å². The Morgan fingerprint density at radius 2 is 0.900 bits per heavy atom. The van der Waals surface area contributed by atoms with Gasteiger partial charge in [-0.25, -0.2) is 0 Å². The molecule has 0 spiro atoms. The first kappa shape index (κ1) is 13.8. The van der Waals surface area contributed by atoms with E-state index in [1.54, 1.807) is 12.4 Å². The molecule has 3 rings (SSSR count). The van der Waals surface area contributed by atoms with Crippen LogP contribution in [-0.4, -0.2) is 4.98 Å². The molecule has 0 radical (unpaired) electrons. The molecule has 0 aliphatic rings.